The molecule has 8 heteroatoms. The Hall–Kier alpha value is -2.45. The monoisotopic (exact) mass is 367 g/mol. The lowest BCUT2D eigenvalue weighted by molar-refractivity contribution is -0.144. The average Bonchev–Trinajstić information content (AvgIpc) is 2.60. The summed E-state index contributed by atoms with van der Waals surface area (Å²) in [6.45, 7) is -0.454. The van der Waals surface area contributed by atoms with Gasteiger partial charge in [0, 0.05) is 7.05 Å². The third kappa shape index (κ3) is 5.01. The van der Waals surface area contributed by atoms with E-state index in [-0.39, 0.29) is 11.5 Å². The molecule has 0 amide bonds. The van der Waals surface area contributed by atoms with Gasteiger partial charge < -0.3 is 9.47 Å². The molecule has 0 unspecified atom stereocenters. The molecule has 0 spiro atoms. The van der Waals surface area contributed by atoms with Crippen LogP contribution in [0.25, 0.3) is 0 Å². The van der Waals surface area contributed by atoms with Crippen molar-refractivity contribution in [3.8, 4) is 5.75 Å². The minimum absolute atomic E-state index is 0.000465. The van der Waals surface area contributed by atoms with Gasteiger partial charge in [-0.2, -0.15) is 4.31 Å². The van der Waals surface area contributed by atoms with Gasteiger partial charge in [-0.1, -0.05) is 12.1 Å². The van der Waals surface area contributed by atoms with Crippen LogP contribution >= 0.6 is 0 Å². The molecule has 0 radical (unpaired) electrons. The average molecular weight is 367 g/mol. The molecular weight excluding hydrogens is 349 g/mol. The molecule has 0 aliphatic carbocycles. The Morgan fingerprint density at radius 1 is 1.16 bits per heavy atom. The van der Waals surface area contributed by atoms with Gasteiger partial charge >= 0.3 is 5.97 Å². The van der Waals surface area contributed by atoms with Crippen molar-refractivity contribution in [1.29, 1.82) is 0 Å². The number of methoxy groups -OCH3 is 1. The SMILES string of the molecule is COc1cccc(COC(=O)CN(C)S(=O)(=O)c2ccc(F)cc2)c1. The lowest BCUT2D eigenvalue weighted by Gasteiger charge is -2.16. The molecule has 2 aromatic rings. The fourth-order valence-electron chi connectivity index (χ4n) is 2.03. The van der Waals surface area contributed by atoms with Crippen molar-refractivity contribution < 1.29 is 27.1 Å². The number of ether oxygens (including phenoxy) is 2. The number of sulfonamides is 1. The molecule has 0 saturated carbocycles. The van der Waals surface area contributed by atoms with Gasteiger partial charge in [-0.15, -0.1) is 0 Å². The standard InChI is InChI=1S/C17H18FNO5S/c1-19(25(21,22)16-8-6-14(18)7-9-16)11-17(20)24-12-13-4-3-5-15(10-13)23-2/h3-10H,11-12H2,1-2H3. The quantitative estimate of drug-likeness (QED) is 0.702. The number of rotatable bonds is 7. The first-order valence-electron chi connectivity index (χ1n) is 7.33. The highest BCUT2D eigenvalue weighted by Gasteiger charge is 2.23. The van der Waals surface area contributed by atoms with E-state index in [1.807, 2.05) is 0 Å². The fraction of sp³-hybridized carbons (Fsp3) is 0.235. The van der Waals surface area contributed by atoms with Crippen LogP contribution in [-0.2, 0) is 26.2 Å². The molecule has 0 fully saturated rings. The van der Waals surface area contributed by atoms with Crippen molar-refractivity contribution in [3.05, 3.63) is 59.9 Å². The van der Waals surface area contributed by atoms with E-state index in [0.29, 0.717) is 5.75 Å². The number of likely N-dealkylation sites (N-methyl/N-ethyl adjacent to an activating group) is 1. The number of carbonyl (C=O) groups excluding carboxylic acids is 1. The molecule has 6 nitrogen and oxygen atoms in total. The first-order chi connectivity index (χ1) is 11.8. The van der Waals surface area contributed by atoms with Gasteiger partial charge in [-0.3, -0.25) is 4.79 Å². The van der Waals surface area contributed by atoms with Crippen LogP contribution in [0, 0.1) is 5.82 Å². The predicted octanol–water partition coefficient (Wildman–Crippen LogP) is 2.20. The second kappa shape index (κ2) is 8.09. The molecule has 2 rings (SSSR count). The van der Waals surface area contributed by atoms with Crippen LogP contribution in [0.1, 0.15) is 5.56 Å². The first-order valence-corrected chi connectivity index (χ1v) is 8.77. The van der Waals surface area contributed by atoms with Crippen molar-refractivity contribution in [2.24, 2.45) is 0 Å². The normalized spacial score (nSPS) is 11.4. The third-order valence-electron chi connectivity index (χ3n) is 3.41. The van der Waals surface area contributed by atoms with Crippen LogP contribution in [0.2, 0.25) is 0 Å². The Bertz CT molecular complexity index is 836. The topological polar surface area (TPSA) is 72.9 Å². The molecule has 0 heterocycles. The number of benzene rings is 2. The molecule has 0 aromatic heterocycles. The number of hydrogen-bond donors (Lipinski definition) is 0. The lowest BCUT2D eigenvalue weighted by atomic mass is 10.2. The Balaban J connectivity index is 1.96. The summed E-state index contributed by atoms with van der Waals surface area (Å²) in [6.07, 6.45) is 0. The molecule has 0 bridgehead atoms. The Morgan fingerprint density at radius 2 is 1.84 bits per heavy atom. The number of carbonyl (C=O) groups is 1. The highest BCUT2D eigenvalue weighted by atomic mass is 32.2. The van der Waals surface area contributed by atoms with Gasteiger partial charge in [-0.05, 0) is 42.0 Å². The molecule has 0 atom stereocenters. The molecule has 0 aliphatic heterocycles. The lowest BCUT2D eigenvalue weighted by Crippen LogP contribution is -2.33. The summed E-state index contributed by atoms with van der Waals surface area (Å²) < 4.78 is 48.6. The van der Waals surface area contributed by atoms with Crippen LogP contribution in [0.4, 0.5) is 4.39 Å². The minimum Gasteiger partial charge on any atom is -0.497 e. The summed E-state index contributed by atoms with van der Waals surface area (Å²) in [5, 5.41) is 0. The van der Waals surface area contributed by atoms with E-state index in [4.69, 9.17) is 9.47 Å². The summed E-state index contributed by atoms with van der Waals surface area (Å²) in [6, 6.07) is 11.4. The maximum absolute atomic E-state index is 12.9. The Labute approximate surface area is 145 Å². The largest absolute Gasteiger partial charge is 0.497 e. The van der Waals surface area contributed by atoms with Crippen LogP contribution in [0.3, 0.4) is 0 Å². The molecule has 25 heavy (non-hydrogen) atoms. The predicted molar refractivity (Wildman–Crippen MR) is 89.0 cm³/mol. The van der Waals surface area contributed by atoms with E-state index in [2.05, 4.69) is 0 Å². The van der Waals surface area contributed by atoms with Gasteiger partial charge in [0.2, 0.25) is 10.0 Å². The molecule has 0 aliphatic rings. The first kappa shape index (κ1) is 18.9. The summed E-state index contributed by atoms with van der Waals surface area (Å²) >= 11 is 0. The third-order valence-corrected chi connectivity index (χ3v) is 5.23. The minimum atomic E-state index is -3.90. The molecule has 0 saturated heterocycles. The second-order valence-electron chi connectivity index (χ2n) is 5.23. The van der Waals surface area contributed by atoms with E-state index in [9.17, 15) is 17.6 Å². The summed E-state index contributed by atoms with van der Waals surface area (Å²) in [4.78, 5) is 11.8. The maximum atomic E-state index is 12.9. The Morgan fingerprint density at radius 3 is 2.48 bits per heavy atom. The number of hydrogen-bond acceptors (Lipinski definition) is 5. The molecule has 0 N–H and O–H groups in total. The van der Waals surface area contributed by atoms with Crippen LogP contribution in [0.15, 0.2) is 53.4 Å². The summed E-state index contributed by atoms with van der Waals surface area (Å²) in [7, 11) is -1.11. The van der Waals surface area contributed by atoms with Crippen molar-refractivity contribution in [3.63, 3.8) is 0 Å². The van der Waals surface area contributed by atoms with Crippen molar-refractivity contribution in [2.75, 3.05) is 20.7 Å². The van der Waals surface area contributed by atoms with Gasteiger partial charge in [0.1, 0.15) is 24.7 Å². The van der Waals surface area contributed by atoms with Crippen molar-refractivity contribution >= 4 is 16.0 Å². The zero-order chi connectivity index (χ0) is 18.4. The highest BCUT2D eigenvalue weighted by Crippen LogP contribution is 2.16. The van der Waals surface area contributed by atoms with Crippen LogP contribution < -0.4 is 4.74 Å². The highest BCUT2D eigenvalue weighted by molar-refractivity contribution is 7.89. The zero-order valence-corrected chi connectivity index (χ0v) is 14.6. The summed E-state index contributed by atoms with van der Waals surface area (Å²) in [5.74, 6) is -0.611. The molecular formula is C17H18FNO5S. The number of halogens is 1. The molecule has 2 aromatic carbocycles. The van der Waals surface area contributed by atoms with Crippen LogP contribution in [0.5, 0.6) is 5.75 Å². The van der Waals surface area contributed by atoms with Gasteiger partial charge in [0.25, 0.3) is 0 Å². The van der Waals surface area contributed by atoms with Crippen molar-refractivity contribution in [2.45, 2.75) is 11.5 Å². The second-order valence-corrected chi connectivity index (χ2v) is 7.27. The van der Waals surface area contributed by atoms with Crippen molar-refractivity contribution in [1.82, 2.24) is 4.31 Å². The van der Waals surface area contributed by atoms with Gasteiger partial charge in [0.05, 0.1) is 12.0 Å². The number of nitrogens with zero attached hydrogens (tertiary/aromatic N) is 1. The van der Waals surface area contributed by atoms with Gasteiger partial charge in [0.15, 0.2) is 0 Å². The van der Waals surface area contributed by atoms with E-state index in [0.717, 1.165) is 34.1 Å². The maximum Gasteiger partial charge on any atom is 0.321 e. The van der Waals surface area contributed by atoms with Crippen LogP contribution in [-0.4, -0.2) is 39.4 Å². The zero-order valence-electron chi connectivity index (χ0n) is 13.8. The molecule has 134 valence electrons. The van der Waals surface area contributed by atoms with E-state index >= 15 is 0 Å². The Kier molecular flexibility index (Phi) is 6.11. The van der Waals surface area contributed by atoms with Gasteiger partial charge in [-0.25, -0.2) is 12.8 Å². The summed E-state index contributed by atoms with van der Waals surface area (Å²) in [5.41, 5.74) is 0.719. The van der Waals surface area contributed by atoms with E-state index in [1.165, 1.54) is 14.2 Å². The van der Waals surface area contributed by atoms with E-state index in [1.54, 1.807) is 24.3 Å². The van der Waals surface area contributed by atoms with E-state index < -0.39 is 28.4 Å². The smallest absolute Gasteiger partial charge is 0.321 e. The number of esters is 1. The fourth-order valence-corrected chi connectivity index (χ4v) is 3.14.